The monoisotopic (exact) mass is 391 g/mol. The SMILES string of the molecule is CN(C(=O)c1ccc(CC2CC(=O)NC2=O)cc1)C1CC2CCC(C1)N2.Cl. The first-order valence-electron chi connectivity index (χ1n) is 9.45. The Labute approximate surface area is 165 Å². The molecule has 27 heavy (non-hydrogen) atoms. The molecule has 3 heterocycles. The van der Waals surface area contributed by atoms with Crippen LogP contribution in [0.25, 0.3) is 0 Å². The minimum atomic E-state index is -0.295. The number of nitrogens with zero attached hydrogens (tertiary/aromatic N) is 1. The molecule has 0 saturated carbocycles. The number of carbonyl (C=O) groups is 3. The number of amides is 3. The lowest BCUT2D eigenvalue weighted by molar-refractivity contribution is -0.125. The summed E-state index contributed by atoms with van der Waals surface area (Å²) in [5.74, 6) is -0.645. The van der Waals surface area contributed by atoms with E-state index in [4.69, 9.17) is 0 Å². The second kappa shape index (κ2) is 7.98. The molecule has 3 atom stereocenters. The first-order valence-corrected chi connectivity index (χ1v) is 9.45. The highest BCUT2D eigenvalue weighted by molar-refractivity contribution is 6.03. The van der Waals surface area contributed by atoms with Gasteiger partial charge in [-0.05, 0) is 49.8 Å². The van der Waals surface area contributed by atoms with E-state index in [1.807, 2.05) is 36.2 Å². The van der Waals surface area contributed by atoms with Crippen molar-refractivity contribution in [2.45, 2.75) is 56.7 Å². The molecule has 1 aromatic carbocycles. The Morgan fingerprint density at radius 1 is 1.11 bits per heavy atom. The molecule has 0 spiro atoms. The smallest absolute Gasteiger partial charge is 0.253 e. The van der Waals surface area contributed by atoms with Crippen LogP contribution in [0, 0.1) is 5.92 Å². The number of rotatable bonds is 4. The number of nitrogens with one attached hydrogen (secondary N) is 2. The van der Waals surface area contributed by atoms with Gasteiger partial charge in [-0.1, -0.05) is 12.1 Å². The van der Waals surface area contributed by atoms with Crippen molar-refractivity contribution in [3.8, 4) is 0 Å². The van der Waals surface area contributed by atoms with Gasteiger partial charge in [0.2, 0.25) is 11.8 Å². The van der Waals surface area contributed by atoms with Crippen molar-refractivity contribution in [3.05, 3.63) is 35.4 Å². The first-order chi connectivity index (χ1) is 12.5. The number of hydrogen-bond acceptors (Lipinski definition) is 4. The van der Waals surface area contributed by atoms with Crippen molar-refractivity contribution in [1.29, 1.82) is 0 Å². The van der Waals surface area contributed by atoms with Crippen molar-refractivity contribution in [2.24, 2.45) is 5.92 Å². The third-order valence-corrected chi connectivity index (χ3v) is 6.06. The highest BCUT2D eigenvalue weighted by atomic mass is 35.5. The number of hydrogen-bond donors (Lipinski definition) is 2. The number of halogens is 1. The minimum absolute atomic E-state index is 0. The summed E-state index contributed by atoms with van der Waals surface area (Å²) in [5.41, 5.74) is 1.65. The van der Waals surface area contributed by atoms with Crippen LogP contribution in [0.1, 0.15) is 48.0 Å². The van der Waals surface area contributed by atoms with Crippen molar-refractivity contribution < 1.29 is 14.4 Å². The predicted molar refractivity (Wildman–Crippen MR) is 104 cm³/mol. The van der Waals surface area contributed by atoms with E-state index in [1.54, 1.807) is 0 Å². The molecule has 3 aliphatic rings. The molecule has 2 bridgehead atoms. The molecule has 2 N–H and O–H groups in total. The summed E-state index contributed by atoms with van der Waals surface area (Å²) in [4.78, 5) is 37.7. The molecule has 3 unspecified atom stereocenters. The molecule has 3 fully saturated rings. The summed E-state index contributed by atoms with van der Waals surface area (Å²) in [7, 11) is 1.90. The van der Waals surface area contributed by atoms with Crippen molar-refractivity contribution >= 4 is 30.1 Å². The highest BCUT2D eigenvalue weighted by Gasteiger charge is 2.36. The van der Waals surface area contributed by atoms with Crippen LogP contribution in [0.3, 0.4) is 0 Å². The lowest BCUT2D eigenvalue weighted by atomic mass is 9.96. The van der Waals surface area contributed by atoms with Gasteiger partial charge in [0, 0.05) is 37.2 Å². The summed E-state index contributed by atoms with van der Waals surface area (Å²) in [6, 6.07) is 8.85. The quantitative estimate of drug-likeness (QED) is 0.765. The van der Waals surface area contributed by atoms with Gasteiger partial charge in [0.1, 0.15) is 0 Å². The number of benzene rings is 1. The van der Waals surface area contributed by atoms with Crippen LogP contribution in [0.5, 0.6) is 0 Å². The van der Waals surface area contributed by atoms with E-state index in [0.29, 0.717) is 30.1 Å². The van der Waals surface area contributed by atoms with E-state index < -0.39 is 0 Å². The average Bonchev–Trinajstić information content (AvgIpc) is 3.14. The van der Waals surface area contributed by atoms with E-state index in [1.165, 1.54) is 12.8 Å². The fraction of sp³-hybridized carbons (Fsp3) is 0.550. The zero-order chi connectivity index (χ0) is 18.3. The number of piperidine rings is 1. The molecule has 3 saturated heterocycles. The highest BCUT2D eigenvalue weighted by Crippen LogP contribution is 2.30. The second-order valence-corrected chi connectivity index (χ2v) is 7.89. The average molecular weight is 392 g/mol. The molecule has 3 aliphatic heterocycles. The largest absolute Gasteiger partial charge is 0.339 e. The van der Waals surface area contributed by atoms with Gasteiger partial charge >= 0.3 is 0 Å². The zero-order valence-corrected chi connectivity index (χ0v) is 16.3. The van der Waals surface area contributed by atoms with Gasteiger partial charge in [-0.25, -0.2) is 0 Å². The molecule has 0 radical (unpaired) electrons. The van der Waals surface area contributed by atoms with Gasteiger partial charge in [-0.15, -0.1) is 12.4 Å². The zero-order valence-electron chi connectivity index (χ0n) is 15.4. The van der Waals surface area contributed by atoms with Crippen LogP contribution in [-0.2, 0) is 16.0 Å². The summed E-state index contributed by atoms with van der Waals surface area (Å²) in [6.45, 7) is 0. The normalized spacial score (nSPS) is 29.2. The molecule has 146 valence electrons. The lowest BCUT2D eigenvalue weighted by Crippen LogP contribution is -2.48. The van der Waals surface area contributed by atoms with E-state index in [2.05, 4.69) is 10.6 Å². The summed E-state index contributed by atoms with van der Waals surface area (Å²) >= 11 is 0. The fourth-order valence-electron chi connectivity index (χ4n) is 4.55. The van der Waals surface area contributed by atoms with E-state index in [9.17, 15) is 14.4 Å². The van der Waals surface area contributed by atoms with Gasteiger partial charge < -0.3 is 10.2 Å². The molecule has 6 nitrogen and oxygen atoms in total. The van der Waals surface area contributed by atoms with Gasteiger partial charge in [0.25, 0.3) is 5.91 Å². The molecule has 0 aliphatic carbocycles. The third-order valence-electron chi connectivity index (χ3n) is 6.06. The maximum atomic E-state index is 12.8. The third kappa shape index (κ3) is 4.17. The van der Waals surface area contributed by atoms with Gasteiger partial charge in [-0.2, -0.15) is 0 Å². The van der Waals surface area contributed by atoms with Crippen LogP contribution in [-0.4, -0.2) is 47.8 Å². The number of carbonyl (C=O) groups excluding carboxylic acids is 3. The molecular formula is C20H26ClN3O3. The maximum absolute atomic E-state index is 12.8. The fourth-order valence-corrected chi connectivity index (χ4v) is 4.55. The van der Waals surface area contributed by atoms with Crippen LogP contribution in [0.4, 0.5) is 0 Å². The Morgan fingerprint density at radius 3 is 2.30 bits per heavy atom. The molecule has 0 aromatic heterocycles. The Bertz CT molecular complexity index is 724. The molecule has 1 aromatic rings. The standard InChI is InChI=1S/C20H25N3O3.ClH/c1-23(17-10-15-6-7-16(11-17)21-15)20(26)13-4-2-12(3-5-13)8-14-9-18(24)22-19(14)25;/h2-5,14-17,21H,6-11H2,1H3,(H,22,24,25);1H. The molecular weight excluding hydrogens is 366 g/mol. The van der Waals surface area contributed by atoms with Gasteiger partial charge in [0.05, 0.1) is 5.92 Å². The number of fused-ring (bicyclic) bond motifs is 2. The Morgan fingerprint density at radius 2 is 1.74 bits per heavy atom. The topological polar surface area (TPSA) is 78.5 Å². The van der Waals surface area contributed by atoms with E-state index >= 15 is 0 Å². The van der Waals surface area contributed by atoms with Crippen molar-refractivity contribution in [2.75, 3.05) is 7.05 Å². The van der Waals surface area contributed by atoms with E-state index in [-0.39, 0.29) is 42.5 Å². The minimum Gasteiger partial charge on any atom is -0.339 e. The second-order valence-electron chi connectivity index (χ2n) is 7.89. The first kappa shape index (κ1) is 19.8. The van der Waals surface area contributed by atoms with Crippen LogP contribution in [0.15, 0.2) is 24.3 Å². The Balaban J connectivity index is 0.00000210. The maximum Gasteiger partial charge on any atom is 0.253 e. The van der Waals surface area contributed by atoms with E-state index in [0.717, 1.165) is 18.4 Å². The summed E-state index contributed by atoms with van der Waals surface area (Å²) in [6.07, 6.45) is 5.27. The lowest BCUT2D eigenvalue weighted by Gasteiger charge is -2.35. The van der Waals surface area contributed by atoms with Gasteiger partial charge in [-0.3, -0.25) is 19.7 Å². The molecule has 7 heteroatoms. The molecule has 4 rings (SSSR count). The Hall–Kier alpha value is -1.92. The number of imide groups is 1. The van der Waals surface area contributed by atoms with Crippen molar-refractivity contribution in [1.82, 2.24) is 15.5 Å². The van der Waals surface area contributed by atoms with Crippen LogP contribution < -0.4 is 10.6 Å². The summed E-state index contributed by atoms with van der Waals surface area (Å²) in [5, 5.41) is 5.94. The molecule has 3 amide bonds. The Kier molecular flexibility index (Phi) is 5.86. The summed E-state index contributed by atoms with van der Waals surface area (Å²) < 4.78 is 0. The van der Waals surface area contributed by atoms with Crippen LogP contribution >= 0.6 is 12.4 Å². The van der Waals surface area contributed by atoms with Crippen LogP contribution in [0.2, 0.25) is 0 Å². The predicted octanol–water partition coefficient (Wildman–Crippen LogP) is 1.67. The van der Waals surface area contributed by atoms with Crippen molar-refractivity contribution in [3.63, 3.8) is 0 Å². The van der Waals surface area contributed by atoms with Gasteiger partial charge in [0.15, 0.2) is 0 Å².